The molecule has 0 aliphatic rings. The fraction of sp³-hybridized carbons (Fsp3) is 0. The van der Waals surface area contributed by atoms with E-state index in [0.29, 0.717) is 0 Å². The number of hydrogen-bond acceptors (Lipinski definition) is 2. The van der Waals surface area contributed by atoms with E-state index >= 15 is 0 Å². The fourth-order valence-electron chi connectivity index (χ4n) is 0.257. The van der Waals surface area contributed by atoms with Crippen molar-refractivity contribution in [2.45, 2.75) is 0 Å². The summed E-state index contributed by atoms with van der Waals surface area (Å²) in [5.41, 5.74) is 0. The topological polar surface area (TPSA) is 48.9 Å². The van der Waals surface area contributed by atoms with Crippen molar-refractivity contribution >= 4 is 42.0 Å². The Morgan fingerprint density at radius 2 is 2.25 bits per heavy atom. The van der Waals surface area contributed by atoms with E-state index in [1.165, 1.54) is 6.20 Å². The molecule has 0 aliphatic carbocycles. The fourth-order valence-corrected chi connectivity index (χ4v) is 0.257. The predicted molar refractivity (Wildman–Crippen MR) is 34.6 cm³/mol. The van der Waals surface area contributed by atoms with Crippen LogP contribution in [0.1, 0.15) is 0 Å². The molecule has 0 amide bonds. The second kappa shape index (κ2) is 5.44. The Bertz CT molecular complexity index is 121. The van der Waals surface area contributed by atoms with E-state index in [1.54, 1.807) is 6.20 Å². The molecule has 8 heavy (non-hydrogen) atoms. The summed E-state index contributed by atoms with van der Waals surface area (Å²) >= 11 is 0. The number of halogens is 1. The van der Waals surface area contributed by atoms with Gasteiger partial charge in [-0.05, 0) is 0 Å². The minimum atomic E-state index is -0.0324. The van der Waals surface area contributed by atoms with Crippen molar-refractivity contribution in [1.29, 1.82) is 0 Å². The zero-order valence-corrected chi connectivity index (χ0v) is 4.27. The Balaban J connectivity index is 0. The quantitative estimate of drug-likeness (QED) is 0.499. The van der Waals surface area contributed by atoms with Crippen molar-refractivity contribution in [2.75, 3.05) is 0 Å². The molecule has 0 atom stereocenters. The number of aromatic hydroxyl groups is 1. The van der Waals surface area contributed by atoms with Crippen LogP contribution in [-0.4, -0.2) is 44.6 Å². The van der Waals surface area contributed by atoms with Crippen LogP contribution in [0.25, 0.3) is 0 Å². The van der Waals surface area contributed by atoms with Gasteiger partial charge in [-0.1, -0.05) is 0 Å². The average molecular weight is 145 g/mol. The molecule has 42 valence electrons. The van der Waals surface area contributed by atoms with E-state index in [-0.39, 0.29) is 48.0 Å². The number of H-pyrrole nitrogens is 1. The number of nitrogens with one attached hydrogen (secondary N) is 1. The maximum atomic E-state index is 8.31. The zero-order valence-electron chi connectivity index (χ0n) is 3.46. The number of aromatic amines is 1. The van der Waals surface area contributed by atoms with Gasteiger partial charge in [0.25, 0.3) is 6.01 Å². The summed E-state index contributed by atoms with van der Waals surface area (Å²) in [4.78, 5) is 5.86. The Labute approximate surface area is 75.2 Å². The van der Waals surface area contributed by atoms with E-state index in [2.05, 4.69) is 9.97 Å². The van der Waals surface area contributed by atoms with Gasteiger partial charge < -0.3 is 10.1 Å². The summed E-state index contributed by atoms with van der Waals surface area (Å²) in [6, 6.07) is -0.0324. The first-order valence-electron chi connectivity index (χ1n) is 1.58. The molecule has 0 aliphatic heterocycles. The first kappa shape index (κ1) is 11.1. The summed E-state index contributed by atoms with van der Waals surface area (Å²) in [6.45, 7) is 0. The van der Waals surface area contributed by atoms with E-state index in [9.17, 15) is 0 Å². The zero-order chi connectivity index (χ0) is 4.41. The summed E-state index contributed by atoms with van der Waals surface area (Å²) in [5.74, 6) is 0. The molecule has 1 aromatic heterocycles. The molecule has 0 saturated carbocycles. The summed E-state index contributed by atoms with van der Waals surface area (Å²) in [7, 11) is 0. The molecular weight excluding hydrogens is 138 g/mol. The normalized spacial score (nSPS) is 6.50. The maximum absolute atomic E-state index is 8.31. The minimum absolute atomic E-state index is 0. The van der Waals surface area contributed by atoms with E-state index in [4.69, 9.17) is 5.11 Å². The van der Waals surface area contributed by atoms with Gasteiger partial charge in [-0.25, -0.2) is 4.98 Å². The van der Waals surface area contributed by atoms with Crippen molar-refractivity contribution in [1.82, 2.24) is 9.97 Å². The second-order valence-electron chi connectivity index (χ2n) is 0.913. The number of imidazole rings is 1. The van der Waals surface area contributed by atoms with Crippen molar-refractivity contribution in [3.63, 3.8) is 0 Å². The van der Waals surface area contributed by atoms with Gasteiger partial charge in [0.1, 0.15) is 0 Å². The van der Waals surface area contributed by atoms with Crippen LogP contribution in [0, 0.1) is 0 Å². The molecule has 1 aromatic rings. The Morgan fingerprint density at radius 3 is 2.38 bits per heavy atom. The number of nitrogens with zero attached hydrogens (tertiary/aromatic N) is 1. The van der Waals surface area contributed by atoms with Crippen LogP contribution in [-0.2, 0) is 0 Å². The second-order valence-corrected chi connectivity index (χ2v) is 0.913. The van der Waals surface area contributed by atoms with Gasteiger partial charge >= 0.3 is 29.6 Å². The molecule has 0 fully saturated rings. The molecule has 0 bridgehead atoms. The Kier molecular flexibility index (Phi) is 7.57. The molecule has 0 spiro atoms. The molecule has 0 aromatic carbocycles. The molecule has 1 rings (SSSR count). The third-order valence-electron chi connectivity index (χ3n) is 0.484. The van der Waals surface area contributed by atoms with Crippen molar-refractivity contribution in [3.05, 3.63) is 12.4 Å². The first-order valence-corrected chi connectivity index (χ1v) is 1.58. The standard InChI is InChI=1S/C3H4N2O.ClH.Na.H/c6-3-4-1-2-5-3;;;/h1-2H,(H2,4,5,6);1H;;. The van der Waals surface area contributed by atoms with Gasteiger partial charge in [-0.15, -0.1) is 12.4 Å². The molecule has 2 N–H and O–H groups in total. The molecular formula is C3H6ClN2NaO. The van der Waals surface area contributed by atoms with Crippen molar-refractivity contribution < 1.29 is 5.11 Å². The summed E-state index contributed by atoms with van der Waals surface area (Å²) in [5, 5.41) is 8.31. The Hall–Kier alpha value is 0.300. The van der Waals surface area contributed by atoms with Gasteiger partial charge in [0.2, 0.25) is 0 Å². The third-order valence-corrected chi connectivity index (χ3v) is 0.484. The molecule has 5 heteroatoms. The average Bonchev–Trinajstić information content (AvgIpc) is 1.86. The molecule has 0 saturated heterocycles. The molecule has 0 unspecified atom stereocenters. The SMILES string of the molecule is Cl.Oc1ncc[nH]1.[NaH]. The number of hydrogen-bond donors (Lipinski definition) is 2. The molecule has 3 nitrogen and oxygen atoms in total. The van der Waals surface area contributed by atoms with Crippen LogP contribution in [0.5, 0.6) is 6.01 Å². The van der Waals surface area contributed by atoms with Gasteiger partial charge in [0.15, 0.2) is 0 Å². The predicted octanol–water partition coefficient (Wildman–Crippen LogP) is -0.111. The molecule has 1 heterocycles. The van der Waals surface area contributed by atoms with Crippen molar-refractivity contribution in [2.24, 2.45) is 0 Å². The summed E-state index contributed by atoms with van der Waals surface area (Å²) in [6.07, 6.45) is 3.03. The van der Waals surface area contributed by atoms with Gasteiger partial charge in [0.05, 0.1) is 0 Å². The Morgan fingerprint density at radius 1 is 1.62 bits per heavy atom. The van der Waals surface area contributed by atoms with Crippen LogP contribution in [0.15, 0.2) is 12.4 Å². The monoisotopic (exact) mass is 144 g/mol. The van der Waals surface area contributed by atoms with E-state index in [0.717, 1.165) is 0 Å². The van der Waals surface area contributed by atoms with Gasteiger partial charge in [-0.3, -0.25) is 0 Å². The van der Waals surface area contributed by atoms with Crippen LogP contribution in [0.4, 0.5) is 0 Å². The van der Waals surface area contributed by atoms with Crippen LogP contribution < -0.4 is 0 Å². The first-order chi connectivity index (χ1) is 2.89. The van der Waals surface area contributed by atoms with Crippen LogP contribution >= 0.6 is 12.4 Å². The van der Waals surface area contributed by atoms with Crippen molar-refractivity contribution in [3.8, 4) is 6.01 Å². The number of aromatic nitrogens is 2. The van der Waals surface area contributed by atoms with Gasteiger partial charge in [0, 0.05) is 12.4 Å². The number of rotatable bonds is 0. The summed E-state index contributed by atoms with van der Waals surface area (Å²) < 4.78 is 0. The van der Waals surface area contributed by atoms with Crippen LogP contribution in [0.3, 0.4) is 0 Å². The van der Waals surface area contributed by atoms with Gasteiger partial charge in [-0.2, -0.15) is 0 Å². The van der Waals surface area contributed by atoms with E-state index in [1.807, 2.05) is 0 Å². The third kappa shape index (κ3) is 3.32. The van der Waals surface area contributed by atoms with E-state index < -0.39 is 0 Å². The molecule has 0 radical (unpaired) electrons. The van der Waals surface area contributed by atoms with Crippen LogP contribution in [0.2, 0.25) is 0 Å².